The Bertz CT molecular complexity index is 1030. The first-order chi connectivity index (χ1) is 15.0. The second kappa shape index (κ2) is 9.25. The van der Waals surface area contributed by atoms with Gasteiger partial charge in [0.15, 0.2) is 23.1 Å². The predicted octanol–water partition coefficient (Wildman–Crippen LogP) is 4.57. The average Bonchev–Trinajstić information content (AvgIpc) is 3.35. The first kappa shape index (κ1) is 21.0. The van der Waals surface area contributed by atoms with Crippen LogP contribution in [0.15, 0.2) is 59.1 Å². The fourth-order valence-corrected chi connectivity index (χ4v) is 3.70. The zero-order valence-electron chi connectivity index (χ0n) is 18.0. The van der Waals surface area contributed by atoms with E-state index in [1.54, 1.807) is 6.20 Å². The first-order valence-corrected chi connectivity index (χ1v) is 10.7. The van der Waals surface area contributed by atoms with Crippen molar-refractivity contribution in [2.45, 2.75) is 45.1 Å². The molecule has 1 aromatic heterocycles. The lowest BCUT2D eigenvalue weighted by molar-refractivity contribution is -0.121. The molecule has 4 rings (SSSR count). The van der Waals surface area contributed by atoms with Crippen molar-refractivity contribution in [1.82, 2.24) is 10.3 Å². The normalized spacial score (nSPS) is 14.0. The molecule has 1 amide bonds. The molecular weight excluding hydrogens is 392 g/mol. The summed E-state index contributed by atoms with van der Waals surface area (Å²) in [5.74, 6) is 2.94. The molecule has 3 aromatic rings. The third-order valence-corrected chi connectivity index (χ3v) is 5.14. The number of nitrogens with zero attached hydrogens (tertiary/aromatic N) is 1. The molecule has 0 saturated carbocycles. The van der Waals surface area contributed by atoms with Gasteiger partial charge in [-0.1, -0.05) is 42.5 Å². The van der Waals surface area contributed by atoms with Crippen LogP contribution in [-0.2, 0) is 17.6 Å². The highest BCUT2D eigenvalue weighted by molar-refractivity contribution is 5.75. The molecule has 6 heteroatoms. The summed E-state index contributed by atoms with van der Waals surface area (Å²) in [6, 6.07) is 15.8. The number of amides is 1. The summed E-state index contributed by atoms with van der Waals surface area (Å²) in [5.41, 5.74) is 1.95. The number of aryl methyl sites for hydroxylation is 1. The minimum absolute atomic E-state index is 0.00545. The van der Waals surface area contributed by atoms with Crippen molar-refractivity contribution in [3.8, 4) is 22.8 Å². The number of carbonyl (C=O) groups is 1. The van der Waals surface area contributed by atoms with Crippen molar-refractivity contribution in [2.75, 3.05) is 13.2 Å². The number of oxazole rings is 1. The van der Waals surface area contributed by atoms with E-state index in [2.05, 4.69) is 30.2 Å². The van der Waals surface area contributed by atoms with E-state index < -0.39 is 0 Å². The lowest BCUT2D eigenvalue weighted by atomic mass is 10.0. The van der Waals surface area contributed by atoms with E-state index in [-0.39, 0.29) is 11.5 Å². The fraction of sp³-hybridized carbons (Fsp3) is 0.360. The van der Waals surface area contributed by atoms with Crippen LogP contribution in [-0.4, -0.2) is 29.6 Å². The molecule has 1 N–H and O–H groups in total. The molecule has 0 saturated heterocycles. The molecule has 2 heterocycles. The average molecular weight is 421 g/mol. The van der Waals surface area contributed by atoms with Crippen molar-refractivity contribution < 1.29 is 18.7 Å². The zero-order chi connectivity index (χ0) is 21.7. The summed E-state index contributed by atoms with van der Waals surface area (Å²) in [6.07, 6.45) is 4.32. The first-order valence-electron chi connectivity index (χ1n) is 10.7. The minimum atomic E-state index is -0.208. The number of hydrogen-bond acceptors (Lipinski definition) is 5. The Balaban J connectivity index is 1.15. The second-order valence-electron chi connectivity index (χ2n) is 8.32. The van der Waals surface area contributed by atoms with Crippen molar-refractivity contribution in [2.24, 2.45) is 0 Å². The highest BCUT2D eigenvalue weighted by Gasteiger charge is 2.32. The largest absolute Gasteiger partial charge is 0.488 e. The second-order valence-corrected chi connectivity index (χ2v) is 8.32. The Kier molecular flexibility index (Phi) is 6.26. The van der Waals surface area contributed by atoms with Crippen LogP contribution in [0.2, 0.25) is 0 Å². The molecule has 0 spiro atoms. The van der Waals surface area contributed by atoms with E-state index in [1.807, 2.05) is 42.5 Å². The van der Waals surface area contributed by atoms with Gasteiger partial charge in [-0.05, 0) is 26.3 Å². The highest BCUT2D eigenvalue weighted by Crippen LogP contribution is 2.41. The summed E-state index contributed by atoms with van der Waals surface area (Å²) in [4.78, 5) is 16.4. The maximum absolute atomic E-state index is 12.1. The number of ether oxygens (including phenoxy) is 2. The SMILES string of the molecule is CC1(C)Cc2cccc(OCCNC(=O)CCCc3ncc(-c4ccccc4)o3)c2O1. The molecule has 0 aliphatic carbocycles. The topological polar surface area (TPSA) is 73.6 Å². The number of aromatic nitrogens is 1. The van der Waals surface area contributed by atoms with E-state index in [1.165, 1.54) is 0 Å². The van der Waals surface area contributed by atoms with Crippen LogP contribution in [0.3, 0.4) is 0 Å². The molecule has 1 aliphatic rings. The van der Waals surface area contributed by atoms with Gasteiger partial charge in [0.1, 0.15) is 12.2 Å². The Morgan fingerprint density at radius 2 is 2.00 bits per heavy atom. The van der Waals surface area contributed by atoms with Crippen molar-refractivity contribution >= 4 is 5.91 Å². The van der Waals surface area contributed by atoms with Crippen LogP contribution in [0, 0.1) is 0 Å². The van der Waals surface area contributed by atoms with Gasteiger partial charge in [-0.25, -0.2) is 4.98 Å². The van der Waals surface area contributed by atoms with Crippen molar-refractivity contribution in [3.63, 3.8) is 0 Å². The Morgan fingerprint density at radius 1 is 1.16 bits per heavy atom. The molecule has 0 radical (unpaired) electrons. The monoisotopic (exact) mass is 420 g/mol. The number of benzene rings is 2. The highest BCUT2D eigenvalue weighted by atomic mass is 16.5. The zero-order valence-corrected chi connectivity index (χ0v) is 18.0. The van der Waals surface area contributed by atoms with Gasteiger partial charge in [0, 0.05) is 30.4 Å². The number of carbonyl (C=O) groups excluding carboxylic acids is 1. The van der Waals surface area contributed by atoms with E-state index in [0.29, 0.717) is 38.3 Å². The van der Waals surface area contributed by atoms with Gasteiger partial charge in [0.25, 0.3) is 0 Å². The molecule has 162 valence electrons. The van der Waals surface area contributed by atoms with Crippen LogP contribution in [0.1, 0.15) is 38.1 Å². The molecule has 6 nitrogen and oxygen atoms in total. The molecule has 0 bridgehead atoms. The van der Waals surface area contributed by atoms with Crippen molar-refractivity contribution in [3.05, 3.63) is 66.2 Å². The summed E-state index contributed by atoms with van der Waals surface area (Å²) >= 11 is 0. The Morgan fingerprint density at radius 3 is 2.84 bits per heavy atom. The van der Waals surface area contributed by atoms with Gasteiger partial charge in [-0.2, -0.15) is 0 Å². The standard InChI is InChI=1S/C25H28N2O4/c1-25(2)16-19-10-6-11-20(24(19)31-25)29-15-14-26-22(28)12-7-13-23-27-17-21(30-23)18-8-4-3-5-9-18/h3-6,8-11,17H,7,12-16H2,1-2H3,(H,26,28). The van der Waals surface area contributed by atoms with Gasteiger partial charge in [0.05, 0.1) is 12.7 Å². The van der Waals surface area contributed by atoms with Crippen LogP contribution in [0.25, 0.3) is 11.3 Å². The van der Waals surface area contributed by atoms with Crippen LogP contribution in [0.5, 0.6) is 11.5 Å². The number of para-hydroxylation sites is 1. The third-order valence-electron chi connectivity index (χ3n) is 5.14. The number of hydrogen-bond donors (Lipinski definition) is 1. The van der Waals surface area contributed by atoms with Gasteiger partial charge in [-0.3, -0.25) is 4.79 Å². The number of fused-ring (bicyclic) bond motifs is 1. The molecule has 1 aliphatic heterocycles. The smallest absolute Gasteiger partial charge is 0.220 e. The van der Waals surface area contributed by atoms with Crippen molar-refractivity contribution in [1.29, 1.82) is 0 Å². The van der Waals surface area contributed by atoms with E-state index in [9.17, 15) is 4.79 Å². The van der Waals surface area contributed by atoms with Crippen LogP contribution >= 0.6 is 0 Å². The quantitative estimate of drug-likeness (QED) is 0.513. The van der Waals surface area contributed by atoms with Gasteiger partial charge >= 0.3 is 0 Å². The maximum atomic E-state index is 12.1. The molecule has 0 unspecified atom stereocenters. The van der Waals surface area contributed by atoms with Crippen LogP contribution < -0.4 is 14.8 Å². The minimum Gasteiger partial charge on any atom is -0.488 e. The summed E-state index contributed by atoms with van der Waals surface area (Å²) in [5, 5.41) is 2.90. The van der Waals surface area contributed by atoms with E-state index in [4.69, 9.17) is 13.9 Å². The summed E-state index contributed by atoms with van der Waals surface area (Å²) in [6.45, 7) is 4.98. The fourth-order valence-electron chi connectivity index (χ4n) is 3.70. The van der Waals surface area contributed by atoms with E-state index >= 15 is 0 Å². The maximum Gasteiger partial charge on any atom is 0.220 e. The Labute approximate surface area is 182 Å². The number of nitrogens with one attached hydrogen (secondary N) is 1. The van der Waals surface area contributed by atoms with Gasteiger partial charge in [-0.15, -0.1) is 0 Å². The third kappa shape index (κ3) is 5.45. The molecule has 31 heavy (non-hydrogen) atoms. The van der Waals surface area contributed by atoms with Crippen LogP contribution in [0.4, 0.5) is 0 Å². The van der Waals surface area contributed by atoms with Gasteiger partial charge in [0.2, 0.25) is 5.91 Å². The predicted molar refractivity (Wildman–Crippen MR) is 118 cm³/mol. The molecular formula is C25H28N2O4. The van der Waals surface area contributed by atoms with Gasteiger partial charge < -0.3 is 19.2 Å². The molecule has 2 aromatic carbocycles. The lowest BCUT2D eigenvalue weighted by Gasteiger charge is -2.18. The summed E-state index contributed by atoms with van der Waals surface area (Å²) in [7, 11) is 0. The summed E-state index contributed by atoms with van der Waals surface area (Å²) < 4.78 is 17.6. The Hall–Kier alpha value is -3.28. The lowest BCUT2D eigenvalue weighted by Crippen LogP contribution is -2.28. The number of rotatable bonds is 9. The van der Waals surface area contributed by atoms with E-state index in [0.717, 1.165) is 34.8 Å². The molecule has 0 fully saturated rings. The molecule has 0 atom stereocenters.